The maximum absolute atomic E-state index is 12.8. The minimum Gasteiger partial charge on any atom is -0.461 e. The molecule has 0 aliphatic rings. The first-order chi connectivity index (χ1) is 12.7. The third-order valence-electron chi connectivity index (χ3n) is 4.37. The number of carbonyl (C=O) groups excluding carboxylic acids is 1. The van der Waals surface area contributed by atoms with Gasteiger partial charge >= 0.3 is 0 Å². The lowest BCUT2D eigenvalue weighted by atomic mass is 9.98. The lowest BCUT2D eigenvalue weighted by Crippen LogP contribution is -2.08. The molecule has 0 aliphatic heterocycles. The summed E-state index contributed by atoms with van der Waals surface area (Å²) in [5.74, 6) is 1.85. The van der Waals surface area contributed by atoms with Crippen molar-refractivity contribution in [1.29, 1.82) is 0 Å². The van der Waals surface area contributed by atoms with Crippen molar-refractivity contribution < 1.29 is 9.21 Å². The highest BCUT2D eigenvalue weighted by Crippen LogP contribution is 2.25. The number of benzene rings is 1. The Labute approximate surface area is 157 Å². The number of hydrogen-bond acceptors (Lipinski definition) is 5. The standard InChI is InChI=1S/C20H23N3O2S/c1-4-14-9-10-15(5-2)16(12-14)17(24)13-26-20-22-21-19(23(20)6-3)18-8-7-11-25-18/h7-12H,4-6,13H2,1-3H3. The zero-order chi connectivity index (χ0) is 18.5. The number of thioether (sulfide) groups is 1. The molecule has 0 radical (unpaired) electrons. The number of aromatic nitrogens is 3. The van der Waals surface area contributed by atoms with Crippen LogP contribution in [0.1, 0.15) is 42.3 Å². The van der Waals surface area contributed by atoms with Gasteiger partial charge in [-0.2, -0.15) is 0 Å². The van der Waals surface area contributed by atoms with Gasteiger partial charge < -0.3 is 4.42 Å². The van der Waals surface area contributed by atoms with Gasteiger partial charge in [0.25, 0.3) is 0 Å². The van der Waals surface area contributed by atoms with Gasteiger partial charge in [0.05, 0.1) is 12.0 Å². The third-order valence-corrected chi connectivity index (χ3v) is 5.34. The molecule has 0 saturated carbocycles. The van der Waals surface area contributed by atoms with E-state index in [-0.39, 0.29) is 5.78 Å². The van der Waals surface area contributed by atoms with Gasteiger partial charge in [-0.05, 0) is 49.1 Å². The third kappa shape index (κ3) is 3.75. The van der Waals surface area contributed by atoms with Crippen LogP contribution in [0, 0.1) is 0 Å². The predicted octanol–water partition coefficient (Wildman–Crippen LogP) is 4.66. The summed E-state index contributed by atoms with van der Waals surface area (Å²) in [7, 11) is 0. The normalized spacial score (nSPS) is 11.0. The molecule has 0 bridgehead atoms. The quantitative estimate of drug-likeness (QED) is 0.427. The van der Waals surface area contributed by atoms with Crippen LogP contribution in [-0.2, 0) is 19.4 Å². The maximum Gasteiger partial charge on any atom is 0.200 e. The molecule has 2 heterocycles. The molecule has 0 fully saturated rings. The van der Waals surface area contributed by atoms with E-state index >= 15 is 0 Å². The van der Waals surface area contributed by atoms with Crippen molar-refractivity contribution in [3.63, 3.8) is 0 Å². The summed E-state index contributed by atoms with van der Waals surface area (Å²) in [4.78, 5) is 12.8. The second kappa shape index (κ2) is 8.36. The number of hydrogen-bond donors (Lipinski definition) is 0. The fourth-order valence-corrected chi connectivity index (χ4v) is 3.77. The Bertz CT molecular complexity index is 885. The first-order valence-electron chi connectivity index (χ1n) is 8.92. The van der Waals surface area contributed by atoms with Crippen molar-refractivity contribution in [3.05, 3.63) is 53.3 Å². The molecular weight excluding hydrogens is 346 g/mol. The van der Waals surface area contributed by atoms with Crippen LogP contribution in [0.4, 0.5) is 0 Å². The molecule has 136 valence electrons. The summed E-state index contributed by atoms with van der Waals surface area (Å²) in [6, 6.07) is 9.89. The van der Waals surface area contributed by atoms with Crippen molar-refractivity contribution in [2.24, 2.45) is 0 Å². The molecule has 0 atom stereocenters. The van der Waals surface area contributed by atoms with Crippen molar-refractivity contribution in [1.82, 2.24) is 14.8 Å². The van der Waals surface area contributed by atoms with Gasteiger partial charge in [-0.15, -0.1) is 10.2 Å². The smallest absolute Gasteiger partial charge is 0.200 e. The van der Waals surface area contributed by atoms with Gasteiger partial charge in [-0.1, -0.05) is 37.7 Å². The van der Waals surface area contributed by atoms with Crippen LogP contribution >= 0.6 is 11.8 Å². The molecule has 3 rings (SSSR count). The number of nitrogens with zero attached hydrogens (tertiary/aromatic N) is 3. The van der Waals surface area contributed by atoms with Crippen molar-refractivity contribution >= 4 is 17.5 Å². The van der Waals surface area contributed by atoms with E-state index in [0.29, 0.717) is 23.9 Å². The molecule has 0 aliphatic carbocycles. The summed E-state index contributed by atoms with van der Waals surface area (Å²) in [6.45, 7) is 6.92. The zero-order valence-corrected chi connectivity index (χ0v) is 16.2. The number of furan rings is 1. The van der Waals surface area contributed by atoms with Crippen LogP contribution in [0.3, 0.4) is 0 Å². The Hall–Kier alpha value is -2.34. The molecule has 2 aromatic heterocycles. The second-order valence-electron chi connectivity index (χ2n) is 5.94. The van der Waals surface area contributed by atoms with Crippen LogP contribution in [0.2, 0.25) is 0 Å². The van der Waals surface area contributed by atoms with Crippen LogP contribution in [-0.4, -0.2) is 26.3 Å². The first-order valence-corrected chi connectivity index (χ1v) is 9.91. The molecule has 6 heteroatoms. The maximum atomic E-state index is 12.8. The van der Waals surface area contributed by atoms with E-state index in [1.807, 2.05) is 29.7 Å². The van der Waals surface area contributed by atoms with E-state index in [1.54, 1.807) is 6.26 Å². The Morgan fingerprint density at radius 2 is 2.00 bits per heavy atom. The van der Waals surface area contributed by atoms with Gasteiger partial charge in [0, 0.05) is 12.1 Å². The van der Waals surface area contributed by atoms with Gasteiger partial charge in [0.15, 0.2) is 22.5 Å². The SMILES string of the molecule is CCc1ccc(CC)c(C(=O)CSc2nnc(-c3ccco3)n2CC)c1. The van der Waals surface area contributed by atoms with Crippen LogP contribution in [0.15, 0.2) is 46.2 Å². The number of aryl methyl sites for hydroxylation is 2. The van der Waals surface area contributed by atoms with Crippen molar-refractivity contribution in [3.8, 4) is 11.6 Å². The average molecular weight is 369 g/mol. The highest BCUT2D eigenvalue weighted by molar-refractivity contribution is 7.99. The predicted molar refractivity (Wildman–Crippen MR) is 104 cm³/mol. The Balaban J connectivity index is 1.78. The minimum atomic E-state index is 0.132. The van der Waals surface area contributed by atoms with E-state index in [4.69, 9.17) is 4.42 Å². The Morgan fingerprint density at radius 1 is 1.15 bits per heavy atom. The molecule has 1 aromatic carbocycles. The molecule has 3 aromatic rings. The summed E-state index contributed by atoms with van der Waals surface area (Å²) in [6.07, 6.45) is 3.39. The lowest BCUT2D eigenvalue weighted by Gasteiger charge is -2.09. The molecule has 0 saturated heterocycles. The summed E-state index contributed by atoms with van der Waals surface area (Å²) >= 11 is 1.42. The molecular formula is C20H23N3O2S. The molecule has 26 heavy (non-hydrogen) atoms. The summed E-state index contributed by atoms with van der Waals surface area (Å²) < 4.78 is 7.40. The van der Waals surface area contributed by atoms with Crippen LogP contribution < -0.4 is 0 Å². The molecule has 0 amide bonds. The molecule has 5 nitrogen and oxygen atoms in total. The topological polar surface area (TPSA) is 60.9 Å². The molecule has 0 N–H and O–H groups in total. The zero-order valence-electron chi connectivity index (χ0n) is 15.4. The number of rotatable bonds is 8. The first kappa shape index (κ1) is 18.5. The average Bonchev–Trinajstić information content (AvgIpc) is 3.34. The number of Topliss-reactive ketones (excluding diaryl/α,β-unsaturated/α-hetero) is 1. The van der Waals surface area contributed by atoms with Crippen molar-refractivity contribution in [2.45, 2.75) is 45.3 Å². The highest BCUT2D eigenvalue weighted by atomic mass is 32.2. The highest BCUT2D eigenvalue weighted by Gasteiger charge is 2.18. The summed E-state index contributed by atoms with van der Waals surface area (Å²) in [5.41, 5.74) is 3.11. The summed E-state index contributed by atoms with van der Waals surface area (Å²) in [5, 5.41) is 9.21. The van der Waals surface area contributed by atoms with E-state index < -0.39 is 0 Å². The Morgan fingerprint density at radius 3 is 2.65 bits per heavy atom. The number of ketones is 1. The van der Waals surface area contributed by atoms with E-state index in [2.05, 4.69) is 36.2 Å². The Kier molecular flexibility index (Phi) is 5.93. The van der Waals surface area contributed by atoms with E-state index in [0.717, 1.165) is 29.1 Å². The fourth-order valence-electron chi connectivity index (χ4n) is 2.89. The van der Waals surface area contributed by atoms with Gasteiger partial charge in [-0.3, -0.25) is 9.36 Å². The lowest BCUT2D eigenvalue weighted by molar-refractivity contribution is 0.102. The fraction of sp³-hybridized carbons (Fsp3) is 0.350. The van der Waals surface area contributed by atoms with E-state index in [9.17, 15) is 4.79 Å². The van der Waals surface area contributed by atoms with E-state index in [1.165, 1.54) is 17.3 Å². The second-order valence-corrected chi connectivity index (χ2v) is 6.88. The van der Waals surface area contributed by atoms with Gasteiger partial charge in [0.1, 0.15) is 0 Å². The molecule has 0 spiro atoms. The number of carbonyl (C=O) groups is 1. The van der Waals surface area contributed by atoms with Crippen molar-refractivity contribution in [2.75, 3.05) is 5.75 Å². The van der Waals surface area contributed by atoms with Gasteiger partial charge in [-0.25, -0.2) is 0 Å². The van der Waals surface area contributed by atoms with Crippen LogP contribution in [0.5, 0.6) is 0 Å². The van der Waals surface area contributed by atoms with Crippen LogP contribution in [0.25, 0.3) is 11.6 Å². The minimum absolute atomic E-state index is 0.132. The largest absolute Gasteiger partial charge is 0.461 e. The monoisotopic (exact) mass is 369 g/mol. The van der Waals surface area contributed by atoms with Gasteiger partial charge in [0.2, 0.25) is 0 Å². The molecule has 0 unspecified atom stereocenters.